The lowest BCUT2D eigenvalue weighted by atomic mass is 10.2. The number of benzene rings is 1. The summed E-state index contributed by atoms with van der Waals surface area (Å²) in [6, 6.07) is 6.76. The number of carbonyl (C=O) groups is 1. The summed E-state index contributed by atoms with van der Waals surface area (Å²) in [6.45, 7) is 0.245. The van der Waals surface area contributed by atoms with E-state index in [1.54, 1.807) is 24.5 Å². The number of carboxylic acids is 1. The number of hydrogen-bond acceptors (Lipinski definition) is 3. The summed E-state index contributed by atoms with van der Waals surface area (Å²) in [5, 5.41) is 9.11. The Morgan fingerprint density at radius 3 is 2.79 bits per heavy atom. The number of aromatic carboxylic acids is 1. The van der Waals surface area contributed by atoms with Crippen molar-refractivity contribution in [2.75, 3.05) is 0 Å². The molecule has 4 nitrogen and oxygen atoms in total. The minimum absolute atomic E-state index is 0.123. The largest absolute Gasteiger partial charge is 0.487 e. The first kappa shape index (κ1) is 14.0. The maximum absolute atomic E-state index is 11.1. The van der Waals surface area contributed by atoms with Crippen LogP contribution < -0.4 is 4.74 Å². The molecule has 0 fully saturated rings. The molecule has 19 heavy (non-hydrogen) atoms. The summed E-state index contributed by atoms with van der Waals surface area (Å²) in [5.41, 5.74) is 0.971. The zero-order valence-corrected chi connectivity index (χ0v) is 12.8. The molecule has 1 heterocycles. The maximum Gasteiger partial charge on any atom is 0.339 e. The second kappa shape index (κ2) is 6.16. The van der Waals surface area contributed by atoms with E-state index in [9.17, 15) is 4.79 Å². The van der Waals surface area contributed by atoms with Crippen LogP contribution in [0.4, 0.5) is 0 Å². The molecule has 1 N–H and O–H groups in total. The first-order chi connectivity index (χ1) is 9.08. The van der Waals surface area contributed by atoms with Crippen LogP contribution in [0.5, 0.6) is 5.75 Å². The van der Waals surface area contributed by atoms with Crippen molar-refractivity contribution in [3.8, 4) is 5.75 Å². The van der Waals surface area contributed by atoms with Gasteiger partial charge in [-0.15, -0.1) is 0 Å². The molecule has 1 aromatic carbocycles. The van der Waals surface area contributed by atoms with Crippen LogP contribution in [0.25, 0.3) is 0 Å². The van der Waals surface area contributed by atoms with Crippen LogP contribution in [0.1, 0.15) is 15.9 Å². The normalized spacial score (nSPS) is 10.2. The molecule has 2 rings (SSSR count). The van der Waals surface area contributed by atoms with Crippen molar-refractivity contribution in [3.05, 3.63) is 56.7 Å². The molecule has 0 aliphatic rings. The Balaban J connectivity index is 2.22. The predicted molar refractivity (Wildman–Crippen MR) is 77.4 cm³/mol. The molecule has 0 amide bonds. The lowest BCUT2D eigenvalue weighted by Crippen LogP contribution is -2.04. The topological polar surface area (TPSA) is 59.4 Å². The highest BCUT2D eigenvalue weighted by atomic mass is 79.9. The standard InChI is InChI=1S/C13H9Br2NO3/c14-9-4-8(5-16-6-9)7-19-12-10(13(17)18)2-1-3-11(12)15/h1-6H,7H2,(H,17,18). The monoisotopic (exact) mass is 385 g/mol. The van der Waals surface area contributed by atoms with Gasteiger partial charge in [0.1, 0.15) is 17.9 Å². The van der Waals surface area contributed by atoms with Gasteiger partial charge in [0.05, 0.1) is 4.47 Å². The van der Waals surface area contributed by atoms with E-state index in [1.807, 2.05) is 6.07 Å². The van der Waals surface area contributed by atoms with Crippen molar-refractivity contribution in [1.82, 2.24) is 4.98 Å². The number of rotatable bonds is 4. The van der Waals surface area contributed by atoms with Crippen LogP contribution in [0.3, 0.4) is 0 Å². The highest BCUT2D eigenvalue weighted by Gasteiger charge is 2.14. The molecule has 0 aliphatic heterocycles. The molecule has 0 aliphatic carbocycles. The van der Waals surface area contributed by atoms with Gasteiger partial charge in [-0.2, -0.15) is 0 Å². The maximum atomic E-state index is 11.1. The second-order valence-corrected chi connectivity index (χ2v) is 5.49. The molecule has 0 bridgehead atoms. The van der Waals surface area contributed by atoms with Crippen LogP contribution in [0.2, 0.25) is 0 Å². The van der Waals surface area contributed by atoms with Gasteiger partial charge >= 0.3 is 5.97 Å². The Morgan fingerprint density at radius 2 is 2.11 bits per heavy atom. The first-order valence-electron chi connectivity index (χ1n) is 5.32. The van der Waals surface area contributed by atoms with Gasteiger partial charge in [0.15, 0.2) is 0 Å². The average molecular weight is 387 g/mol. The molecule has 0 unspecified atom stereocenters. The van der Waals surface area contributed by atoms with Crippen LogP contribution in [-0.2, 0) is 6.61 Å². The van der Waals surface area contributed by atoms with Crippen molar-refractivity contribution >= 4 is 37.8 Å². The van der Waals surface area contributed by atoms with E-state index in [2.05, 4.69) is 36.8 Å². The van der Waals surface area contributed by atoms with E-state index in [-0.39, 0.29) is 12.2 Å². The molecule has 1 aromatic heterocycles. The average Bonchev–Trinajstić information content (AvgIpc) is 2.37. The fraction of sp³-hybridized carbons (Fsp3) is 0.0769. The van der Waals surface area contributed by atoms with E-state index in [1.165, 1.54) is 6.07 Å². The van der Waals surface area contributed by atoms with Crippen LogP contribution in [-0.4, -0.2) is 16.1 Å². The zero-order chi connectivity index (χ0) is 13.8. The van der Waals surface area contributed by atoms with Crippen molar-refractivity contribution in [2.45, 2.75) is 6.61 Å². The molecule has 0 saturated heterocycles. The van der Waals surface area contributed by atoms with E-state index in [0.29, 0.717) is 10.2 Å². The predicted octanol–water partition coefficient (Wildman–Crippen LogP) is 3.88. The summed E-state index contributed by atoms with van der Waals surface area (Å²) in [5.74, 6) is -0.710. The number of halogens is 2. The van der Waals surface area contributed by atoms with Crippen LogP contribution in [0, 0.1) is 0 Å². The van der Waals surface area contributed by atoms with Gasteiger partial charge < -0.3 is 9.84 Å². The lowest BCUT2D eigenvalue weighted by molar-refractivity contribution is 0.0691. The third-order valence-electron chi connectivity index (χ3n) is 2.34. The number of ether oxygens (including phenoxy) is 1. The SMILES string of the molecule is O=C(O)c1cccc(Br)c1OCc1cncc(Br)c1. The van der Waals surface area contributed by atoms with Crippen LogP contribution >= 0.6 is 31.9 Å². The number of pyridine rings is 1. The minimum Gasteiger partial charge on any atom is -0.487 e. The number of aromatic nitrogens is 1. The molecule has 0 atom stereocenters. The lowest BCUT2D eigenvalue weighted by Gasteiger charge is -2.11. The highest BCUT2D eigenvalue weighted by Crippen LogP contribution is 2.30. The minimum atomic E-state index is -1.02. The zero-order valence-electron chi connectivity index (χ0n) is 9.64. The fourth-order valence-corrected chi connectivity index (χ4v) is 2.41. The molecule has 0 saturated carbocycles. The second-order valence-electron chi connectivity index (χ2n) is 3.72. The van der Waals surface area contributed by atoms with E-state index >= 15 is 0 Å². The Kier molecular flexibility index (Phi) is 4.55. The number of hydrogen-bond donors (Lipinski definition) is 1. The Hall–Kier alpha value is -1.40. The third-order valence-corrected chi connectivity index (χ3v) is 3.40. The van der Waals surface area contributed by atoms with E-state index < -0.39 is 5.97 Å². The molecular formula is C13H9Br2NO3. The van der Waals surface area contributed by atoms with Crippen molar-refractivity contribution < 1.29 is 14.6 Å². The Bertz CT molecular complexity index is 617. The van der Waals surface area contributed by atoms with Crippen molar-refractivity contribution in [3.63, 3.8) is 0 Å². The van der Waals surface area contributed by atoms with Gasteiger partial charge in [0, 0.05) is 22.4 Å². The number of para-hydroxylation sites is 1. The third kappa shape index (κ3) is 3.54. The van der Waals surface area contributed by atoms with E-state index in [4.69, 9.17) is 9.84 Å². The molecule has 98 valence electrons. The van der Waals surface area contributed by atoms with Gasteiger partial charge in [-0.25, -0.2) is 4.79 Å². The quantitative estimate of drug-likeness (QED) is 0.865. The molecule has 0 radical (unpaired) electrons. The Labute approximate surface area is 126 Å². The molecule has 0 spiro atoms. The number of carboxylic acid groups (broad SMARTS) is 1. The van der Waals surface area contributed by atoms with Gasteiger partial charge in [0.25, 0.3) is 0 Å². The summed E-state index contributed by atoms with van der Waals surface area (Å²) < 4.78 is 7.04. The van der Waals surface area contributed by atoms with Gasteiger partial charge in [-0.1, -0.05) is 6.07 Å². The van der Waals surface area contributed by atoms with Crippen LogP contribution in [0.15, 0.2) is 45.6 Å². The smallest absolute Gasteiger partial charge is 0.339 e. The summed E-state index contributed by atoms with van der Waals surface area (Å²) in [4.78, 5) is 15.1. The summed E-state index contributed by atoms with van der Waals surface area (Å²) in [6.07, 6.45) is 3.34. The van der Waals surface area contributed by atoms with Gasteiger partial charge in [-0.05, 0) is 50.1 Å². The summed E-state index contributed by atoms with van der Waals surface area (Å²) >= 11 is 6.61. The Morgan fingerprint density at radius 1 is 1.32 bits per heavy atom. The van der Waals surface area contributed by atoms with Crippen molar-refractivity contribution in [1.29, 1.82) is 0 Å². The molecule has 2 aromatic rings. The number of nitrogens with zero attached hydrogens (tertiary/aromatic N) is 1. The van der Waals surface area contributed by atoms with E-state index in [0.717, 1.165) is 10.0 Å². The van der Waals surface area contributed by atoms with Crippen molar-refractivity contribution in [2.24, 2.45) is 0 Å². The summed E-state index contributed by atoms with van der Waals surface area (Å²) in [7, 11) is 0. The fourth-order valence-electron chi connectivity index (χ4n) is 1.51. The molecular weight excluding hydrogens is 378 g/mol. The highest BCUT2D eigenvalue weighted by molar-refractivity contribution is 9.10. The van der Waals surface area contributed by atoms with Gasteiger partial charge in [0.2, 0.25) is 0 Å². The van der Waals surface area contributed by atoms with Gasteiger partial charge in [-0.3, -0.25) is 4.98 Å². The molecule has 6 heteroatoms. The first-order valence-corrected chi connectivity index (χ1v) is 6.90.